The van der Waals surface area contributed by atoms with Gasteiger partial charge in [0.15, 0.2) is 0 Å². The predicted octanol–water partition coefficient (Wildman–Crippen LogP) is 4.53. The topological polar surface area (TPSA) is 40.5 Å². The molecule has 2 heteroatoms. The second-order valence-electron chi connectivity index (χ2n) is 8.68. The Bertz CT molecular complexity index is 327. The van der Waals surface area contributed by atoms with Gasteiger partial charge in [0.1, 0.15) is 0 Å². The zero-order valence-corrected chi connectivity index (χ0v) is 14.3. The van der Waals surface area contributed by atoms with Crippen LogP contribution < -0.4 is 0 Å². The van der Waals surface area contributed by atoms with Crippen molar-refractivity contribution in [1.82, 2.24) is 0 Å². The minimum atomic E-state index is 0.366. The van der Waals surface area contributed by atoms with Gasteiger partial charge < -0.3 is 10.2 Å². The summed E-state index contributed by atoms with van der Waals surface area (Å²) in [5, 5.41) is 18.0. The van der Waals surface area contributed by atoms with Gasteiger partial charge in [0.05, 0.1) is 0 Å². The van der Waals surface area contributed by atoms with Gasteiger partial charge in [-0.25, -0.2) is 0 Å². The number of rotatable bonds is 10. The Morgan fingerprint density at radius 1 is 0.727 bits per heavy atom. The summed E-state index contributed by atoms with van der Waals surface area (Å²) in [6, 6.07) is 0. The second kappa shape index (κ2) is 7.66. The molecule has 3 unspecified atom stereocenters. The first-order chi connectivity index (χ1) is 10.8. The SMILES string of the molecule is OCCCCCC1C2CC3CC(C2)CC1(CCCCCO)C3. The van der Waals surface area contributed by atoms with Gasteiger partial charge in [-0.1, -0.05) is 25.7 Å². The molecule has 2 N–H and O–H groups in total. The fourth-order valence-electron chi connectivity index (χ4n) is 6.66. The van der Waals surface area contributed by atoms with Gasteiger partial charge in [-0.05, 0) is 86.9 Å². The molecule has 0 aromatic carbocycles. The Kier molecular flexibility index (Phi) is 5.84. The fourth-order valence-corrected chi connectivity index (χ4v) is 6.66. The number of hydrogen-bond donors (Lipinski definition) is 2. The van der Waals surface area contributed by atoms with Crippen LogP contribution in [0.2, 0.25) is 0 Å². The summed E-state index contributed by atoms with van der Waals surface area (Å²) in [7, 11) is 0. The average Bonchev–Trinajstić information content (AvgIpc) is 2.50. The van der Waals surface area contributed by atoms with E-state index >= 15 is 0 Å². The van der Waals surface area contributed by atoms with Crippen LogP contribution in [0.25, 0.3) is 0 Å². The van der Waals surface area contributed by atoms with Crippen LogP contribution in [0.5, 0.6) is 0 Å². The summed E-state index contributed by atoms with van der Waals surface area (Å²) in [5.74, 6) is 4.10. The summed E-state index contributed by atoms with van der Waals surface area (Å²) < 4.78 is 0. The third kappa shape index (κ3) is 3.53. The quantitative estimate of drug-likeness (QED) is 0.582. The minimum Gasteiger partial charge on any atom is -0.396 e. The van der Waals surface area contributed by atoms with E-state index in [1.807, 2.05) is 0 Å². The van der Waals surface area contributed by atoms with Gasteiger partial charge >= 0.3 is 0 Å². The van der Waals surface area contributed by atoms with Gasteiger partial charge in [0.25, 0.3) is 0 Å². The smallest absolute Gasteiger partial charge is 0.0431 e. The molecule has 4 saturated carbocycles. The van der Waals surface area contributed by atoms with Crippen LogP contribution in [0.1, 0.15) is 83.5 Å². The van der Waals surface area contributed by atoms with Crippen LogP contribution in [0.15, 0.2) is 0 Å². The first kappa shape index (κ1) is 16.8. The Morgan fingerprint density at radius 3 is 2.00 bits per heavy atom. The first-order valence-corrected chi connectivity index (χ1v) is 9.99. The Balaban J connectivity index is 1.60. The molecule has 0 aromatic rings. The van der Waals surface area contributed by atoms with Crippen molar-refractivity contribution in [3.8, 4) is 0 Å². The maximum Gasteiger partial charge on any atom is 0.0431 e. The van der Waals surface area contributed by atoms with Gasteiger partial charge in [-0.2, -0.15) is 0 Å². The standard InChI is InChI=1S/C20H36O2/c21-9-5-1-3-7-19-18-12-16-11-17(13-18)15-20(19,14-16)8-4-2-6-10-22/h16-19,21-22H,1-15H2. The summed E-state index contributed by atoms with van der Waals surface area (Å²) in [4.78, 5) is 0. The lowest BCUT2D eigenvalue weighted by Crippen LogP contribution is -2.52. The molecule has 0 radical (unpaired) electrons. The highest BCUT2D eigenvalue weighted by atomic mass is 16.3. The molecule has 0 saturated heterocycles. The highest BCUT2D eigenvalue weighted by molar-refractivity contribution is 5.05. The number of aliphatic hydroxyl groups excluding tert-OH is 2. The number of unbranched alkanes of at least 4 members (excludes halogenated alkanes) is 4. The molecule has 22 heavy (non-hydrogen) atoms. The van der Waals surface area contributed by atoms with Crippen LogP contribution >= 0.6 is 0 Å². The molecule has 4 aliphatic carbocycles. The molecule has 4 fully saturated rings. The minimum absolute atomic E-state index is 0.366. The van der Waals surface area contributed by atoms with Gasteiger partial charge in [-0.3, -0.25) is 0 Å². The maximum atomic E-state index is 9.03. The van der Waals surface area contributed by atoms with E-state index in [1.54, 1.807) is 0 Å². The van der Waals surface area contributed by atoms with Crippen LogP contribution in [0.4, 0.5) is 0 Å². The third-order valence-electron chi connectivity index (χ3n) is 7.19. The van der Waals surface area contributed by atoms with Crippen molar-refractivity contribution in [3.63, 3.8) is 0 Å². The largest absolute Gasteiger partial charge is 0.396 e. The van der Waals surface area contributed by atoms with Gasteiger partial charge in [-0.15, -0.1) is 0 Å². The molecule has 0 heterocycles. The fraction of sp³-hybridized carbons (Fsp3) is 1.00. The van der Waals surface area contributed by atoms with E-state index in [9.17, 15) is 0 Å². The summed E-state index contributed by atoms with van der Waals surface area (Å²) in [6.45, 7) is 0.732. The molecular weight excluding hydrogens is 272 g/mol. The van der Waals surface area contributed by atoms with Crippen molar-refractivity contribution in [2.75, 3.05) is 13.2 Å². The molecule has 0 spiro atoms. The Morgan fingerprint density at radius 2 is 1.36 bits per heavy atom. The molecular formula is C20H36O2. The molecule has 128 valence electrons. The van der Waals surface area contributed by atoms with Crippen LogP contribution in [-0.2, 0) is 0 Å². The van der Waals surface area contributed by atoms with E-state index < -0.39 is 0 Å². The van der Waals surface area contributed by atoms with E-state index in [-0.39, 0.29) is 0 Å². The first-order valence-electron chi connectivity index (χ1n) is 9.99. The van der Waals surface area contributed by atoms with Crippen molar-refractivity contribution < 1.29 is 10.2 Å². The van der Waals surface area contributed by atoms with Gasteiger partial charge in [0, 0.05) is 13.2 Å². The van der Waals surface area contributed by atoms with Crippen molar-refractivity contribution in [3.05, 3.63) is 0 Å². The molecule has 0 aromatic heterocycles. The van der Waals surface area contributed by atoms with Crippen molar-refractivity contribution in [2.24, 2.45) is 29.1 Å². The normalized spacial score (nSPS) is 39.5. The number of hydrogen-bond acceptors (Lipinski definition) is 2. The zero-order chi connectivity index (χ0) is 15.4. The van der Waals surface area contributed by atoms with Crippen LogP contribution in [0, 0.1) is 29.1 Å². The lowest BCUT2D eigenvalue weighted by molar-refractivity contribution is -0.118. The van der Waals surface area contributed by atoms with Crippen molar-refractivity contribution in [1.29, 1.82) is 0 Å². The Hall–Kier alpha value is -0.0800. The van der Waals surface area contributed by atoms with Crippen LogP contribution in [0.3, 0.4) is 0 Å². The summed E-state index contributed by atoms with van der Waals surface area (Å²) in [5.41, 5.74) is 0.670. The average molecular weight is 309 g/mol. The molecule has 4 aliphatic rings. The zero-order valence-electron chi connectivity index (χ0n) is 14.3. The summed E-state index contributed by atoms with van der Waals surface area (Å²) >= 11 is 0. The molecule has 3 atom stereocenters. The van der Waals surface area contributed by atoms with E-state index in [0.29, 0.717) is 18.6 Å². The van der Waals surface area contributed by atoms with E-state index in [1.165, 1.54) is 70.6 Å². The van der Waals surface area contributed by atoms with Crippen LogP contribution in [-0.4, -0.2) is 23.4 Å². The number of aliphatic hydroxyl groups is 2. The Labute approximate surface area is 136 Å². The van der Waals surface area contributed by atoms with E-state index in [4.69, 9.17) is 10.2 Å². The highest BCUT2D eigenvalue weighted by Gasteiger charge is 2.55. The molecule has 2 nitrogen and oxygen atoms in total. The lowest BCUT2D eigenvalue weighted by atomic mass is 9.43. The lowest BCUT2D eigenvalue weighted by Gasteiger charge is -2.62. The van der Waals surface area contributed by atoms with Crippen molar-refractivity contribution in [2.45, 2.75) is 83.5 Å². The monoisotopic (exact) mass is 308 g/mol. The molecule has 0 aliphatic heterocycles. The molecule has 0 amide bonds. The van der Waals surface area contributed by atoms with Gasteiger partial charge in [0.2, 0.25) is 0 Å². The highest BCUT2D eigenvalue weighted by Crippen LogP contribution is 2.65. The third-order valence-corrected chi connectivity index (χ3v) is 7.19. The summed E-state index contributed by atoms with van der Waals surface area (Å²) in [6.07, 6.45) is 17.6. The maximum absolute atomic E-state index is 9.03. The van der Waals surface area contributed by atoms with E-state index in [2.05, 4.69) is 0 Å². The van der Waals surface area contributed by atoms with E-state index in [0.717, 1.165) is 36.5 Å². The molecule has 4 bridgehead atoms. The predicted molar refractivity (Wildman–Crippen MR) is 90.6 cm³/mol. The second-order valence-corrected chi connectivity index (χ2v) is 8.68. The molecule has 4 rings (SSSR count). The van der Waals surface area contributed by atoms with Crippen molar-refractivity contribution >= 4 is 0 Å².